The van der Waals surface area contributed by atoms with Crippen LogP contribution in [0.4, 0.5) is 10.2 Å². The lowest BCUT2D eigenvalue weighted by Crippen LogP contribution is -2.39. The molecular weight excluding hydrogens is 455 g/mol. The number of carbonyl (C=O) groups excluding carboxylic acids is 1. The predicted octanol–water partition coefficient (Wildman–Crippen LogP) is 4.97. The van der Waals surface area contributed by atoms with Gasteiger partial charge in [0.15, 0.2) is 11.5 Å². The summed E-state index contributed by atoms with van der Waals surface area (Å²) < 4.78 is 17.0. The van der Waals surface area contributed by atoms with Crippen molar-refractivity contribution < 1.29 is 9.18 Å². The average Bonchev–Trinajstić information content (AvgIpc) is 3.48. The number of nitrogens with zero attached hydrogens (tertiary/aromatic N) is 5. The Morgan fingerprint density at radius 3 is 2.85 bits per heavy atom. The molecule has 0 bridgehead atoms. The minimum Gasteiger partial charge on any atom is -0.309 e. The van der Waals surface area contributed by atoms with E-state index in [4.69, 9.17) is 16.6 Å². The van der Waals surface area contributed by atoms with Gasteiger partial charge in [0.1, 0.15) is 22.7 Å². The molecule has 1 aliphatic heterocycles. The monoisotopic (exact) mass is 476 g/mol. The van der Waals surface area contributed by atoms with E-state index < -0.39 is 11.2 Å². The van der Waals surface area contributed by atoms with Crippen LogP contribution in [0.3, 0.4) is 0 Å². The summed E-state index contributed by atoms with van der Waals surface area (Å²) >= 11 is 5.99. The van der Waals surface area contributed by atoms with Crippen LogP contribution in [0.5, 0.6) is 0 Å². The number of hydrogen-bond acceptors (Lipinski definition) is 5. The molecule has 2 aliphatic rings. The molecule has 6 rings (SSSR count). The zero-order valence-electron chi connectivity index (χ0n) is 18.6. The Hall–Kier alpha value is -3.39. The van der Waals surface area contributed by atoms with Crippen LogP contribution in [0.1, 0.15) is 49.4 Å². The molecule has 1 unspecified atom stereocenters. The molecule has 0 spiro atoms. The first-order valence-electron chi connectivity index (χ1n) is 11.5. The molecule has 0 radical (unpaired) electrons. The summed E-state index contributed by atoms with van der Waals surface area (Å²) in [5.41, 5.74) is 2.05. The summed E-state index contributed by atoms with van der Waals surface area (Å²) in [7, 11) is 0. The van der Waals surface area contributed by atoms with Gasteiger partial charge in [-0.25, -0.2) is 24.3 Å². The number of fused-ring (bicyclic) bond motifs is 2. The molecule has 3 aromatic heterocycles. The summed E-state index contributed by atoms with van der Waals surface area (Å²) in [5, 5.41) is 3.19. The van der Waals surface area contributed by atoms with Crippen LogP contribution >= 0.6 is 11.6 Å². The highest BCUT2D eigenvalue weighted by atomic mass is 35.5. The molecule has 4 aromatic rings. The lowest BCUT2D eigenvalue weighted by atomic mass is 9.72. The van der Waals surface area contributed by atoms with E-state index in [0.29, 0.717) is 28.5 Å². The number of rotatable bonds is 6. The SMILES string of the molecule is CCCCc1nc(-c2ncc3c(n2)NC(=O)C3(c2ccc(Cl)cc2F)C2CC2)cn2ccnc12. The van der Waals surface area contributed by atoms with Crippen LogP contribution in [0.15, 0.2) is 43.0 Å². The van der Waals surface area contributed by atoms with Crippen molar-refractivity contribution in [3.63, 3.8) is 0 Å². The molecule has 0 saturated heterocycles. The van der Waals surface area contributed by atoms with E-state index in [1.54, 1.807) is 24.5 Å². The summed E-state index contributed by atoms with van der Waals surface area (Å²) in [4.78, 5) is 31.9. The van der Waals surface area contributed by atoms with E-state index in [-0.39, 0.29) is 16.8 Å². The molecule has 172 valence electrons. The third kappa shape index (κ3) is 3.12. The minimum absolute atomic E-state index is 0.0139. The van der Waals surface area contributed by atoms with E-state index in [1.807, 2.05) is 16.8 Å². The first-order valence-corrected chi connectivity index (χ1v) is 11.9. The molecule has 1 aliphatic carbocycles. The van der Waals surface area contributed by atoms with Crippen LogP contribution in [-0.2, 0) is 16.6 Å². The molecule has 7 nitrogen and oxygen atoms in total. The van der Waals surface area contributed by atoms with Gasteiger partial charge in [0.25, 0.3) is 0 Å². The van der Waals surface area contributed by atoms with Gasteiger partial charge in [0.05, 0.1) is 5.69 Å². The van der Waals surface area contributed by atoms with E-state index in [9.17, 15) is 4.79 Å². The highest BCUT2D eigenvalue weighted by Gasteiger charge is 2.59. The number of nitrogens with one attached hydrogen (secondary N) is 1. The summed E-state index contributed by atoms with van der Waals surface area (Å²) in [6.45, 7) is 2.13. The van der Waals surface area contributed by atoms with Crippen molar-refractivity contribution in [3.05, 3.63) is 70.6 Å². The lowest BCUT2D eigenvalue weighted by molar-refractivity contribution is -0.120. The number of imidazole rings is 1. The number of aromatic nitrogens is 5. The van der Waals surface area contributed by atoms with E-state index in [0.717, 1.165) is 43.4 Å². The second-order valence-corrected chi connectivity index (χ2v) is 9.39. The first kappa shape index (κ1) is 21.2. The number of halogens is 2. The standard InChI is InChI=1S/C25H22ClFN6O/c1-2-3-4-19-23-28-9-10-33(23)13-20(30-19)22-29-12-17-21(31-22)32-24(34)25(17,14-5-6-14)16-8-7-15(26)11-18(16)27/h7-14H,2-6H2,1H3,(H,29,31,32,34). The van der Waals surface area contributed by atoms with E-state index >= 15 is 4.39 Å². The van der Waals surface area contributed by atoms with Gasteiger partial charge in [-0.15, -0.1) is 0 Å². The molecular formula is C25H22ClFN6O. The molecule has 1 N–H and O–H groups in total. The van der Waals surface area contributed by atoms with Gasteiger partial charge in [0, 0.05) is 40.9 Å². The van der Waals surface area contributed by atoms with Gasteiger partial charge in [-0.3, -0.25) is 4.79 Å². The van der Waals surface area contributed by atoms with Crippen LogP contribution in [0.25, 0.3) is 17.2 Å². The maximum atomic E-state index is 15.1. The van der Waals surface area contributed by atoms with Crippen molar-refractivity contribution in [1.29, 1.82) is 0 Å². The second kappa shape index (κ2) is 7.84. The third-order valence-corrected chi connectivity index (χ3v) is 7.02. The molecule has 1 aromatic carbocycles. The van der Waals surface area contributed by atoms with Gasteiger partial charge < -0.3 is 9.72 Å². The fraction of sp³-hybridized carbons (Fsp3) is 0.320. The van der Waals surface area contributed by atoms with Crippen molar-refractivity contribution in [3.8, 4) is 11.5 Å². The van der Waals surface area contributed by atoms with Crippen LogP contribution in [0, 0.1) is 11.7 Å². The number of amides is 1. The molecule has 9 heteroatoms. The number of hydrogen-bond donors (Lipinski definition) is 1. The Morgan fingerprint density at radius 1 is 1.24 bits per heavy atom. The predicted molar refractivity (Wildman–Crippen MR) is 126 cm³/mol. The van der Waals surface area contributed by atoms with Crippen LogP contribution < -0.4 is 5.32 Å². The molecule has 34 heavy (non-hydrogen) atoms. The normalized spacial score (nSPS) is 19.4. The van der Waals surface area contributed by atoms with Crippen LogP contribution in [-0.4, -0.2) is 30.2 Å². The number of aryl methyl sites for hydroxylation is 1. The highest BCUT2D eigenvalue weighted by molar-refractivity contribution is 6.30. The smallest absolute Gasteiger partial charge is 0.241 e. The topological polar surface area (TPSA) is 85.1 Å². The number of anilines is 1. The van der Waals surface area contributed by atoms with Gasteiger partial charge in [-0.1, -0.05) is 31.0 Å². The fourth-order valence-electron chi connectivity index (χ4n) is 5.05. The maximum Gasteiger partial charge on any atom is 0.241 e. The van der Waals surface area contributed by atoms with Crippen molar-refractivity contribution in [1.82, 2.24) is 24.3 Å². The zero-order chi connectivity index (χ0) is 23.4. The largest absolute Gasteiger partial charge is 0.309 e. The van der Waals surface area contributed by atoms with Crippen molar-refractivity contribution in [2.45, 2.75) is 44.4 Å². The Bertz CT molecular complexity index is 1450. The molecule has 4 heterocycles. The molecule has 1 amide bonds. The summed E-state index contributed by atoms with van der Waals surface area (Å²) in [6, 6.07) is 4.48. The second-order valence-electron chi connectivity index (χ2n) is 8.95. The Labute approximate surface area is 200 Å². The van der Waals surface area contributed by atoms with Gasteiger partial charge in [-0.2, -0.15) is 0 Å². The molecule has 1 fully saturated rings. The van der Waals surface area contributed by atoms with Gasteiger partial charge in [0.2, 0.25) is 5.91 Å². The van der Waals surface area contributed by atoms with Crippen molar-refractivity contribution >= 4 is 29.0 Å². The number of benzene rings is 1. The molecule has 1 atom stereocenters. The number of unbranched alkanes of at least 4 members (excludes halogenated alkanes) is 1. The van der Waals surface area contributed by atoms with Crippen molar-refractivity contribution in [2.24, 2.45) is 5.92 Å². The molecule has 1 saturated carbocycles. The lowest BCUT2D eigenvalue weighted by Gasteiger charge is -2.28. The van der Waals surface area contributed by atoms with E-state index in [1.165, 1.54) is 6.07 Å². The third-order valence-electron chi connectivity index (χ3n) is 6.79. The highest BCUT2D eigenvalue weighted by Crippen LogP contribution is 2.56. The van der Waals surface area contributed by atoms with Gasteiger partial charge in [-0.05, 0) is 43.7 Å². The summed E-state index contributed by atoms with van der Waals surface area (Å²) in [5.74, 6) is 0.00741. The first-order chi connectivity index (χ1) is 16.5. The number of carbonyl (C=O) groups is 1. The minimum atomic E-state index is -1.16. The summed E-state index contributed by atoms with van der Waals surface area (Å²) in [6.07, 6.45) is 11.6. The van der Waals surface area contributed by atoms with E-state index in [2.05, 4.69) is 27.2 Å². The van der Waals surface area contributed by atoms with Crippen LogP contribution in [0.2, 0.25) is 5.02 Å². The Morgan fingerprint density at radius 2 is 2.09 bits per heavy atom. The fourth-order valence-corrected chi connectivity index (χ4v) is 5.21. The average molecular weight is 477 g/mol. The maximum absolute atomic E-state index is 15.1. The quantitative estimate of drug-likeness (QED) is 0.424. The Balaban J connectivity index is 1.48. The van der Waals surface area contributed by atoms with Gasteiger partial charge >= 0.3 is 0 Å². The van der Waals surface area contributed by atoms with Crippen molar-refractivity contribution in [2.75, 3.05) is 5.32 Å². The Kier molecular flexibility index (Phi) is 4.88. The zero-order valence-corrected chi connectivity index (χ0v) is 19.3.